The number of aliphatic hydroxyl groups is 1. The zero-order valence-corrected chi connectivity index (χ0v) is 11.7. The number of benzene rings is 1. The number of nitrogens with zero attached hydrogens (tertiary/aromatic N) is 1. The summed E-state index contributed by atoms with van der Waals surface area (Å²) in [6.45, 7) is 3.85. The second-order valence-electron chi connectivity index (χ2n) is 4.92. The Morgan fingerprint density at radius 3 is 2.74 bits per heavy atom. The van der Waals surface area contributed by atoms with Gasteiger partial charge < -0.3 is 5.11 Å². The molecular weight excluding hydrogens is 254 g/mol. The van der Waals surface area contributed by atoms with Crippen molar-refractivity contribution in [2.24, 2.45) is 0 Å². The maximum Gasteiger partial charge on any atom is 0.123 e. The minimum absolute atomic E-state index is 0.830. The molecule has 0 fully saturated rings. The molecule has 0 spiro atoms. The standard InChI is InChI=1S/C16H15NOS/c1-11-7-8-19-15(11)16(2,18)13-9-12-5-3-4-6-14(12)17-10-13/h3-10,18H,1-2H3. The third-order valence-electron chi connectivity index (χ3n) is 3.46. The molecule has 1 unspecified atom stereocenters. The van der Waals surface area contributed by atoms with E-state index in [1.54, 1.807) is 17.5 Å². The molecule has 0 bridgehead atoms. The van der Waals surface area contributed by atoms with E-state index in [1.807, 2.05) is 55.6 Å². The van der Waals surface area contributed by atoms with E-state index >= 15 is 0 Å². The Labute approximate surface area is 116 Å². The molecule has 19 heavy (non-hydrogen) atoms. The van der Waals surface area contributed by atoms with Crippen molar-refractivity contribution in [2.75, 3.05) is 0 Å². The molecule has 0 amide bonds. The van der Waals surface area contributed by atoms with Gasteiger partial charge in [-0.1, -0.05) is 18.2 Å². The normalized spacial score (nSPS) is 14.5. The highest BCUT2D eigenvalue weighted by Gasteiger charge is 2.29. The Morgan fingerprint density at radius 1 is 1.21 bits per heavy atom. The van der Waals surface area contributed by atoms with Crippen molar-refractivity contribution in [2.45, 2.75) is 19.4 Å². The number of aromatic nitrogens is 1. The van der Waals surface area contributed by atoms with E-state index in [0.717, 1.165) is 26.9 Å². The third kappa shape index (κ3) is 2.05. The average Bonchev–Trinajstić information content (AvgIpc) is 2.85. The number of pyridine rings is 1. The lowest BCUT2D eigenvalue weighted by atomic mass is 9.93. The van der Waals surface area contributed by atoms with Gasteiger partial charge in [0.15, 0.2) is 0 Å². The molecule has 0 aliphatic heterocycles. The van der Waals surface area contributed by atoms with Gasteiger partial charge in [-0.3, -0.25) is 4.98 Å². The van der Waals surface area contributed by atoms with E-state index in [2.05, 4.69) is 4.98 Å². The summed E-state index contributed by atoms with van der Waals surface area (Å²) in [7, 11) is 0. The van der Waals surface area contributed by atoms with Crippen LogP contribution in [0.2, 0.25) is 0 Å². The third-order valence-corrected chi connectivity index (χ3v) is 4.68. The Kier molecular flexibility index (Phi) is 2.88. The fourth-order valence-corrected chi connectivity index (χ4v) is 3.35. The van der Waals surface area contributed by atoms with Crippen molar-refractivity contribution in [3.63, 3.8) is 0 Å². The zero-order valence-electron chi connectivity index (χ0n) is 10.9. The van der Waals surface area contributed by atoms with Gasteiger partial charge in [-0.25, -0.2) is 0 Å². The highest BCUT2D eigenvalue weighted by Crippen LogP contribution is 2.35. The van der Waals surface area contributed by atoms with E-state index in [-0.39, 0.29) is 0 Å². The quantitative estimate of drug-likeness (QED) is 0.766. The molecule has 3 aromatic rings. The number of para-hydroxylation sites is 1. The van der Waals surface area contributed by atoms with Crippen molar-refractivity contribution in [3.8, 4) is 0 Å². The van der Waals surface area contributed by atoms with Gasteiger partial charge in [0.25, 0.3) is 0 Å². The summed E-state index contributed by atoms with van der Waals surface area (Å²) in [5, 5.41) is 13.9. The van der Waals surface area contributed by atoms with E-state index in [4.69, 9.17) is 0 Å². The number of hydrogen-bond donors (Lipinski definition) is 1. The van der Waals surface area contributed by atoms with Gasteiger partial charge in [-0.2, -0.15) is 0 Å². The molecule has 3 rings (SSSR count). The molecule has 1 N–H and O–H groups in total. The van der Waals surface area contributed by atoms with Crippen LogP contribution in [-0.4, -0.2) is 10.1 Å². The van der Waals surface area contributed by atoms with Crippen molar-refractivity contribution in [1.82, 2.24) is 4.98 Å². The van der Waals surface area contributed by atoms with Crippen LogP contribution < -0.4 is 0 Å². The lowest BCUT2D eigenvalue weighted by Crippen LogP contribution is -2.22. The monoisotopic (exact) mass is 269 g/mol. The molecule has 1 atom stereocenters. The van der Waals surface area contributed by atoms with Crippen molar-refractivity contribution in [1.29, 1.82) is 0 Å². The Hall–Kier alpha value is -1.71. The molecule has 0 saturated heterocycles. The van der Waals surface area contributed by atoms with Crippen LogP contribution in [0.5, 0.6) is 0 Å². The zero-order chi connectivity index (χ0) is 13.5. The molecule has 2 heterocycles. The summed E-state index contributed by atoms with van der Waals surface area (Å²) in [5.74, 6) is 0. The minimum Gasteiger partial charge on any atom is -0.380 e. The van der Waals surface area contributed by atoms with E-state index in [0.29, 0.717) is 0 Å². The molecular formula is C16H15NOS. The number of fused-ring (bicyclic) bond motifs is 1. The van der Waals surface area contributed by atoms with Gasteiger partial charge in [-0.15, -0.1) is 11.3 Å². The number of hydrogen-bond acceptors (Lipinski definition) is 3. The van der Waals surface area contributed by atoms with Gasteiger partial charge in [0.2, 0.25) is 0 Å². The number of rotatable bonds is 2. The van der Waals surface area contributed by atoms with Crippen LogP contribution in [0.3, 0.4) is 0 Å². The SMILES string of the molecule is Cc1ccsc1C(C)(O)c1cnc2ccccc2c1. The maximum absolute atomic E-state index is 10.9. The molecule has 2 aromatic heterocycles. The van der Waals surface area contributed by atoms with Gasteiger partial charge in [0.1, 0.15) is 5.60 Å². The smallest absolute Gasteiger partial charge is 0.123 e. The summed E-state index contributed by atoms with van der Waals surface area (Å²) in [6, 6.07) is 12.0. The Balaban J connectivity index is 2.15. The highest BCUT2D eigenvalue weighted by molar-refractivity contribution is 7.10. The maximum atomic E-state index is 10.9. The van der Waals surface area contributed by atoms with Crippen LogP contribution in [-0.2, 0) is 5.60 Å². The van der Waals surface area contributed by atoms with Gasteiger partial charge in [0, 0.05) is 22.0 Å². The van der Waals surface area contributed by atoms with Crippen LogP contribution in [0.25, 0.3) is 10.9 Å². The largest absolute Gasteiger partial charge is 0.380 e. The predicted octanol–water partition coefficient (Wildman–Crippen LogP) is 3.86. The molecule has 0 saturated carbocycles. The topological polar surface area (TPSA) is 33.1 Å². The van der Waals surface area contributed by atoms with Crippen LogP contribution in [0.1, 0.15) is 22.9 Å². The molecule has 0 radical (unpaired) electrons. The molecule has 3 heteroatoms. The first-order valence-electron chi connectivity index (χ1n) is 6.21. The second kappa shape index (κ2) is 4.44. The lowest BCUT2D eigenvalue weighted by molar-refractivity contribution is 0.105. The van der Waals surface area contributed by atoms with Crippen molar-refractivity contribution < 1.29 is 5.11 Å². The van der Waals surface area contributed by atoms with E-state index in [1.165, 1.54) is 0 Å². The van der Waals surface area contributed by atoms with Gasteiger partial charge in [0.05, 0.1) is 5.52 Å². The van der Waals surface area contributed by atoms with E-state index < -0.39 is 5.60 Å². The molecule has 1 aromatic carbocycles. The number of aryl methyl sites for hydroxylation is 1. The van der Waals surface area contributed by atoms with Crippen LogP contribution in [0.15, 0.2) is 48.0 Å². The van der Waals surface area contributed by atoms with Crippen LogP contribution >= 0.6 is 11.3 Å². The fourth-order valence-electron chi connectivity index (χ4n) is 2.34. The van der Waals surface area contributed by atoms with Crippen LogP contribution in [0, 0.1) is 6.92 Å². The van der Waals surface area contributed by atoms with E-state index in [9.17, 15) is 5.11 Å². The summed E-state index contributed by atoms with van der Waals surface area (Å²) in [4.78, 5) is 5.41. The average molecular weight is 269 g/mol. The first-order chi connectivity index (χ1) is 9.09. The minimum atomic E-state index is -0.991. The summed E-state index contributed by atoms with van der Waals surface area (Å²) >= 11 is 1.58. The first-order valence-corrected chi connectivity index (χ1v) is 7.09. The lowest BCUT2D eigenvalue weighted by Gasteiger charge is -2.23. The van der Waals surface area contributed by atoms with Crippen molar-refractivity contribution >= 4 is 22.2 Å². The molecule has 0 aliphatic carbocycles. The number of thiophene rings is 1. The fraction of sp³-hybridized carbons (Fsp3) is 0.188. The summed E-state index contributed by atoms with van der Waals surface area (Å²) in [6.07, 6.45) is 1.77. The Bertz CT molecular complexity index is 730. The van der Waals surface area contributed by atoms with Crippen molar-refractivity contribution in [3.05, 3.63) is 64.0 Å². The first kappa shape index (κ1) is 12.3. The molecule has 0 aliphatic rings. The summed E-state index contributed by atoms with van der Waals surface area (Å²) in [5.41, 5.74) is 1.90. The van der Waals surface area contributed by atoms with Gasteiger partial charge >= 0.3 is 0 Å². The highest BCUT2D eigenvalue weighted by atomic mass is 32.1. The second-order valence-corrected chi connectivity index (χ2v) is 5.84. The van der Waals surface area contributed by atoms with Gasteiger partial charge in [-0.05, 0) is 43.0 Å². The Morgan fingerprint density at radius 2 is 2.00 bits per heavy atom. The van der Waals surface area contributed by atoms with Crippen LogP contribution in [0.4, 0.5) is 0 Å². The predicted molar refractivity (Wildman–Crippen MR) is 79.5 cm³/mol. The molecule has 2 nitrogen and oxygen atoms in total. The summed E-state index contributed by atoms with van der Waals surface area (Å²) < 4.78 is 0. The molecule has 96 valence electrons.